The Bertz CT molecular complexity index is 3740. The van der Waals surface area contributed by atoms with Gasteiger partial charge >= 0.3 is 0 Å². The number of hydrogen-bond acceptors (Lipinski definition) is 3. The van der Waals surface area contributed by atoms with Crippen molar-refractivity contribution >= 4 is 43.6 Å². The van der Waals surface area contributed by atoms with Crippen LogP contribution in [0.15, 0.2) is 249 Å². The van der Waals surface area contributed by atoms with E-state index in [1.54, 1.807) is 0 Å². The van der Waals surface area contributed by atoms with Crippen molar-refractivity contribution in [1.82, 2.24) is 24.1 Å². The Labute approximate surface area is 393 Å². The van der Waals surface area contributed by atoms with Crippen molar-refractivity contribution in [2.45, 2.75) is 0 Å². The third-order valence-corrected chi connectivity index (χ3v) is 13.1. The van der Waals surface area contributed by atoms with Crippen LogP contribution in [0.25, 0.3) is 123 Å². The van der Waals surface area contributed by atoms with Crippen molar-refractivity contribution in [3.05, 3.63) is 249 Å². The van der Waals surface area contributed by atoms with Crippen LogP contribution in [0.5, 0.6) is 0 Å². The lowest BCUT2D eigenvalue weighted by Gasteiger charge is -2.18. The van der Waals surface area contributed by atoms with Crippen molar-refractivity contribution in [1.29, 1.82) is 0 Å². The first-order chi connectivity index (χ1) is 33.7. The van der Waals surface area contributed by atoms with Crippen molar-refractivity contribution in [3.63, 3.8) is 0 Å². The quantitative estimate of drug-likeness (QED) is 0.153. The van der Waals surface area contributed by atoms with E-state index in [0.29, 0.717) is 0 Å². The first-order valence-corrected chi connectivity index (χ1v) is 23.0. The van der Waals surface area contributed by atoms with Gasteiger partial charge in [-0.25, -0.2) is 15.0 Å². The van der Waals surface area contributed by atoms with Crippen LogP contribution in [0.4, 0.5) is 0 Å². The summed E-state index contributed by atoms with van der Waals surface area (Å²) in [6.45, 7) is 0. The maximum atomic E-state index is 5.79. The molecule has 68 heavy (non-hydrogen) atoms. The summed E-state index contributed by atoms with van der Waals surface area (Å²) in [6.07, 6.45) is 0. The van der Waals surface area contributed by atoms with Gasteiger partial charge in [0.05, 0.1) is 33.5 Å². The first-order valence-electron chi connectivity index (χ1n) is 23.0. The molecule has 0 saturated heterocycles. The Morgan fingerprint density at radius 1 is 0.250 bits per heavy atom. The van der Waals surface area contributed by atoms with Gasteiger partial charge in [-0.1, -0.05) is 182 Å². The molecular weight excluding hydrogens is 827 g/mol. The van der Waals surface area contributed by atoms with Crippen LogP contribution in [0.2, 0.25) is 0 Å². The maximum Gasteiger partial charge on any atom is 0.145 e. The molecule has 3 heterocycles. The molecule has 0 saturated carbocycles. The van der Waals surface area contributed by atoms with Crippen molar-refractivity contribution in [2.75, 3.05) is 0 Å². The van der Waals surface area contributed by atoms with E-state index in [9.17, 15) is 0 Å². The van der Waals surface area contributed by atoms with Gasteiger partial charge in [0.1, 0.15) is 11.6 Å². The molecule has 3 aromatic heterocycles. The summed E-state index contributed by atoms with van der Waals surface area (Å²) in [5.74, 6) is 1.78. The normalized spacial score (nSPS) is 11.5. The molecule has 0 aliphatic rings. The van der Waals surface area contributed by atoms with Gasteiger partial charge in [-0.3, -0.25) is 9.13 Å². The molecular formula is C63H41N5. The van der Waals surface area contributed by atoms with E-state index in [1.165, 1.54) is 21.5 Å². The minimum atomic E-state index is 0.889. The lowest BCUT2D eigenvalue weighted by Crippen LogP contribution is -1.99. The summed E-state index contributed by atoms with van der Waals surface area (Å²) in [5.41, 5.74) is 16.3. The zero-order valence-electron chi connectivity index (χ0n) is 36.9. The number of benzene rings is 10. The summed E-state index contributed by atoms with van der Waals surface area (Å²) < 4.78 is 4.50. The standard InChI is InChI=1S/C63H41N5/c1-3-19-52(20-4-1)67-58-25-13-11-23-56(58)64-62(67)46-33-29-44(30-34-46)60-54(50-37-27-42-15-7-9-17-48(42)39-50)41-55(51-38-28-43-16-8-10-18-49(43)40-51)61(66-60)45-31-35-47(36-32-45)63-65-57-24-12-14-26-59(57)68(63)53-21-5-2-6-22-53/h1-41H. The lowest BCUT2D eigenvalue weighted by atomic mass is 9.90. The Kier molecular flexibility index (Phi) is 9.43. The van der Waals surface area contributed by atoms with E-state index in [0.717, 1.165) is 101 Å². The SMILES string of the molecule is c1ccc(-n2c(-c3ccc(-c4nc(-c5ccc(-c6nc7ccccc7n6-c6ccccc6)cc5)c(-c5ccc6ccccc6c5)cc4-c4ccc5ccccc5c4)cc3)nc3ccccc32)cc1. The molecule has 0 unspecified atom stereocenters. The largest absolute Gasteiger partial charge is 0.292 e. The van der Waals surface area contributed by atoms with Gasteiger partial charge in [-0.2, -0.15) is 0 Å². The van der Waals surface area contributed by atoms with E-state index in [4.69, 9.17) is 15.0 Å². The molecule has 5 nitrogen and oxygen atoms in total. The molecule has 0 amide bonds. The number of imidazole rings is 2. The molecule has 318 valence electrons. The second-order valence-corrected chi connectivity index (χ2v) is 17.2. The topological polar surface area (TPSA) is 48.5 Å². The number of hydrogen-bond donors (Lipinski definition) is 0. The summed E-state index contributed by atoms with van der Waals surface area (Å²) in [6, 6.07) is 88.1. The van der Waals surface area contributed by atoms with Gasteiger partial charge in [0.15, 0.2) is 0 Å². The Morgan fingerprint density at radius 2 is 0.603 bits per heavy atom. The molecule has 13 rings (SSSR count). The monoisotopic (exact) mass is 867 g/mol. The van der Waals surface area contributed by atoms with Crippen molar-refractivity contribution in [3.8, 4) is 78.9 Å². The van der Waals surface area contributed by atoms with Crippen LogP contribution >= 0.6 is 0 Å². The number of nitrogens with zero attached hydrogens (tertiary/aromatic N) is 5. The number of pyridine rings is 1. The van der Waals surface area contributed by atoms with Gasteiger partial charge in [0.2, 0.25) is 0 Å². The molecule has 0 aliphatic heterocycles. The molecule has 10 aromatic carbocycles. The zero-order chi connectivity index (χ0) is 45.0. The highest BCUT2D eigenvalue weighted by atomic mass is 15.1. The van der Waals surface area contributed by atoms with Crippen LogP contribution < -0.4 is 0 Å². The Hall–Kier alpha value is -9.19. The molecule has 13 aromatic rings. The molecule has 0 bridgehead atoms. The molecule has 0 atom stereocenters. The Morgan fingerprint density at radius 3 is 1.04 bits per heavy atom. The van der Waals surface area contributed by atoms with E-state index in [-0.39, 0.29) is 0 Å². The average Bonchev–Trinajstić information content (AvgIpc) is 4.01. The van der Waals surface area contributed by atoms with Gasteiger partial charge in [-0.15, -0.1) is 0 Å². The van der Waals surface area contributed by atoms with Crippen LogP contribution in [0.3, 0.4) is 0 Å². The van der Waals surface area contributed by atoms with E-state index in [2.05, 4.69) is 234 Å². The summed E-state index contributed by atoms with van der Waals surface area (Å²) in [4.78, 5) is 16.2. The number of fused-ring (bicyclic) bond motifs is 4. The minimum absolute atomic E-state index is 0.889. The van der Waals surface area contributed by atoms with Crippen molar-refractivity contribution < 1.29 is 0 Å². The first kappa shape index (κ1) is 39.2. The van der Waals surface area contributed by atoms with Gasteiger partial charge in [0.25, 0.3) is 0 Å². The fourth-order valence-corrected chi connectivity index (χ4v) is 9.78. The van der Waals surface area contributed by atoms with Gasteiger partial charge < -0.3 is 0 Å². The molecule has 5 heteroatoms. The summed E-state index contributed by atoms with van der Waals surface area (Å²) in [5, 5.41) is 4.76. The van der Waals surface area contributed by atoms with Crippen molar-refractivity contribution in [2.24, 2.45) is 0 Å². The van der Waals surface area contributed by atoms with Crippen LogP contribution in [0.1, 0.15) is 0 Å². The molecule has 0 N–H and O–H groups in total. The molecule has 0 radical (unpaired) electrons. The molecule has 0 aliphatic carbocycles. The second-order valence-electron chi connectivity index (χ2n) is 17.2. The second kappa shape index (κ2) is 16.4. The predicted octanol–water partition coefficient (Wildman–Crippen LogP) is 16.1. The predicted molar refractivity (Wildman–Crippen MR) is 281 cm³/mol. The van der Waals surface area contributed by atoms with E-state index in [1.807, 2.05) is 24.3 Å². The fraction of sp³-hybridized carbons (Fsp3) is 0. The summed E-state index contributed by atoms with van der Waals surface area (Å²) >= 11 is 0. The van der Waals surface area contributed by atoms with Gasteiger partial charge in [-0.05, 0) is 99.4 Å². The third kappa shape index (κ3) is 6.84. The maximum absolute atomic E-state index is 5.79. The highest BCUT2D eigenvalue weighted by molar-refractivity contribution is 5.97. The highest BCUT2D eigenvalue weighted by Crippen LogP contribution is 2.42. The average molecular weight is 868 g/mol. The minimum Gasteiger partial charge on any atom is -0.292 e. The lowest BCUT2D eigenvalue weighted by molar-refractivity contribution is 1.10. The number of para-hydroxylation sites is 6. The zero-order valence-corrected chi connectivity index (χ0v) is 36.9. The molecule has 0 spiro atoms. The summed E-state index contributed by atoms with van der Waals surface area (Å²) in [7, 11) is 0. The van der Waals surface area contributed by atoms with E-state index < -0.39 is 0 Å². The fourth-order valence-electron chi connectivity index (χ4n) is 9.78. The number of rotatable bonds is 8. The third-order valence-electron chi connectivity index (χ3n) is 13.1. The smallest absolute Gasteiger partial charge is 0.145 e. The van der Waals surface area contributed by atoms with E-state index >= 15 is 0 Å². The molecule has 0 fully saturated rings. The van der Waals surface area contributed by atoms with Crippen LogP contribution in [-0.4, -0.2) is 24.1 Å². The highest BCUT2D eigenvalue weighted by Gasteiger charge is 2.21. The van der Waals surface area contributed by atoms with Crippen LogP contribution in [0, 0.1) is 0 Å². The Balaban J connectivity index is 1.01. The van der Waals surface area contributed by atoms with Gasteiger partial charge in [0, 0.05) is 44.8 Å². The van der Waals surface area contributed by atoms with Crippen LogP contribution in [-0.2, 0) is 0 Å². The number of aromatic nitrogens is 5.